The second-order valence-electron chi connectivity index (χ2n) is 4.89. The molecule has 0 spiro atoms. The molecule has 0 saturated heterocycles. The number of ether oxygens (including phenoxy) is 1. The van der Waals surface area contributed by atoms with Crippen LogP contribution in [0.25, 0.3) is 0 Å². The Labute approximate surface area is 121 Å². The first-order chi connectivity index (χ1) is 9.67. The molecule has 0 aliphatic rings. The molecule has 0 fully saturated rings. The maximum Gasteiger partial charge on any atom is 0.170 e. The molecule has 5 heteroatoms. The van der Waals surface area contributed by atoms with E-state index in [4.69, 9.17) is 15.7 Å². The van der Waals surface area contributed by atoms with Crippen molar-refractivity contribution in [3.8, 4) is 0 Å². The molecule has 0 unspecified atom stereocenters. The number of likely N-dealkylation sites (N-methyl/N-ethyl adjacent to an activating group) is 1. The van der Waals surface area contributed by atoms with Gasteiger partial charge in [-0.25, -0.2) is 0 Å². The van der Waals surface area contributed by atoms with Crippen molar-refractivity contribution in [2.24, 2.45) is 10.9 Å². The fourth-order valence-corrected chi connectivity index (χ4v) is 1.85. The van der Waals surface area contributed by atoms with Crippen LogP contribution in [-0.4, -0.2) is 42.7 Å². The Bertz CT molecular complexity index is 421. The van der Waals surface area contributed by atoms with Crippen LogP contribution in [0.5, 0.6) is 0 Å². The summed E-state index contributed by atoms with van der Waals surface area (Å²) >= 11 is 0. The second kappa shape index (κ2) is 9.34. The number of amidine groups is 1. The fraction of sp³-hybridized carbons (Fsp3) is 0.533. The zero-order valence-electron chi connectivity index (χ0n) is 12.4. The van der Waals surface area contributed by atoms with E-state index >= 15 is 0 Å². The van der Waals surface area contributed by atoms with Crippen LogP contribution < -0.4 is 5.73 Å². The van der Waals surface area contributed by atoms with E-state index in [2.05, 4.69) is 24.0 Å². The van der Waals surface area contributed by atoms with Gasteiger partial charge in [0.05, 0.1) is 6.61 Å². The van der Waals surface area contributed by atoms with Gasteiger partial charge >= 0.3 is 0 Å². The number of oxime groups is 1. The minimum Gasteiger partial charge on any atom is -0.409 e. The normalized spacial score (nSPS) is 12.1. The Morgan fingerprint density at radius 1 is 1.40 bits per heavy atom. The molecule has 1 aromatic carbocycles. The quantitative estimate of drug-likeness (QED) is 0.238. The average Bonchev–Trinajstić information content (AvgIpc) is 2.46. The predicted octanol–water partition coefficient (Wildman–Crippen LogP) is 2.03. The average molecular weight is 279 g/mol. The molecule has 0 amide bonds. The number of benzene rings is 1. The van der Waals surface area contributed by atoms with E-state index in [1.165, 1.54) is 0 Å². The van der Waals surface area contributed by atoms with Gasteiger partial charge in [0.15, 0.2) is 5.84 Å². The Morgan fingerprint density at radius 2 is 2.20 bits per heavy atom. The van der Waals surface area contributed by atoms with Crippen LogP contribution in [0.3, 0.4) is 0 Å². The van der Waals surface area contributed by atoms with E-state index < -0.39 is 0 Å². The summed E-state index contributed by atoms with van der Waals surface area (Å²) in [7, 11) is 2.05. The molecule has 0 aromatic heterocycles. The Morgan fingerprint density at radius 3 is 2.90 bits per heavy atom. The summed E-state index contributed by atoms with van der Waals surface area (Å²) in [5.41, 5.74) is 7.45. The van der Waals surface area contributed by atoms with Gasteiger partial charge in [0.2, 0.25) is 0 Å². The Balaban J connectivity index is 2.40. The molecule has 5 nitrogen and oxygen atoms in total. The zero-order valence-corrected chi connectivity index (χ0v) is 12.4. The maximum atomic E-state index is 8.68. The van der Waals surface area contributed by atoms with Gasteiger partial charge in [0.25, 0.3) is 0 Å². The summed E-state index contributed by atoms with van der Waals surface area (Å²) in [4.78, 5) is 2.19. The lowest BCUT2D eigenvalue weighted by Gasteiger charge is -2.17. The molecule has 0 heterocycles. The Kier molecular flexibility index (Phi) is 7.69. The first-order valence-corrected chi connectivity index (χ1v) is 7.00. The Hall–Kier alpha value is -1.59. The second-order valence-corrected chi connectivity index (χ2v) is 4.89. The van der Waals surface area contributed by atoms with Gasteiger partial charge in [-0.2, -0.15) is 0 Å². The standard InChI is InChI=1S/C15H25N3O2/c1-3-4-9-20-10-8-18(2)12-13-6-5-7-14(11-13)15(16)17-19/h5-7,11,19H,3-4,8-10,12H2,1-2H3,(H2,16,17). The highest BCUT2D eigenvalue weighted by molar-refractivity contribution is 5.97. The molecule has 1 rings (SSSR count). The monoisotopic (exact) mass is 279 g/mol. The summed E-state index contributed by atoms with van der Waals surface area (Å²) in [6.07, 6.45) is 2.28. The number of unbranched alkanes of at least 4 members (excludes halogenated alkanes) is 1. The third-order valence-corrected chi connectivity index (χ3v) is 3.04. The summed E-state index contributed by atoms with van der Waals surface area (Å²) < 4.78 is 5.55. The van der Waals surface area contributed by atoms with Crippen molar-refractivity contribution < 1.29 is 9.94 Å². The SMILES string of the molecule is CCCCOCCN(C)Cc1cccc(C(N)=NO)c1. The number of nitrogens with zero attached hydrogens (tertiary/aromatic N) is 2. The smallest absolute Gasteiger partial charge is 0.170 e. The lowest BCUT2D eigenvalue weighted by Crippen LogP contribution is -2.23. The summed E-state index contributed by atoms with van der Waals surface area (Å²) in [6, 6.07) is 7.70. The number of hydrogen-bond donors (Lipinski definition) is 2. The summed E-state index contributed by atoms with van der Waals surface area (Å²) in [5, 5.41) is 11.7. The van der Waals surface area contributed by atoms with E-state index in [-0.39, 0.29) is 5.84 Å². The van der Waals surface area contributed by atoms with E-state index in [1.807, 2.05) is 24.3 Å². The molecule has 0 saturated carbocycles. The highest BCUT2D eigenvalue weighted by atomic mass is 16.5. The van der Waals surface area contributed by atoms with Crippen molar-refractivity contribution in [2.45, 2.75) is 26.3 Å². The van der Waals surface area contributed by atoms with Crippen LogP contribution in [0.15, 0.2) is 29.4 Å². The molecule has 0 radical (unpaired) electrons. The predicted molar refractivity (Wildman–Crippen MR) is 81.0 cm³/mol. The minimum atomic E-state index is 0.136. The number of hydrogen-bond acceptors (Lipinski definition) is 4. The van der Waals surface area contributed by atoms with E-state index in [9.17, 15) is 0 Å². The van der Waals surface area contributed by atoms with Gasteiger partial charge < -0.3 is 15.7 Å². The molecule has 0 bridgehead atoms. The molecule has 3 N–H and O–H groups in total. The van der Waals surface area contributed by atoms with Crippen molar-refractivity contribution in [2.75, 3.05) is 26.8 Å². The first kappa shape index (κ1) is 16.5. The molecule has 0 atom stereocenters. The van der Waals surface area contributed by atoms with Crippen LogP contribution in [0.1, 0.15) is 30.9 Å². The lowest BCUT2D eigenvalue weighted by molar-refractivity contribution is 0.107. The van der Waals surface area contributed by atoms with Gasteiger partial charge in [-0.15, -0.1) is 0 Å². The van der Waals surface area contributed by atoms with E-state index in [0.29, 0.717) is 0 Å². The lowest BCUT2D eigenvalue weighted by atomic mass is 10.1. The van der Waals surface area contributed by atoms with Gasteiger partial charge in [0.1, 0.15) is 0 Å². The highest BCUT2D eigenvalue weighted by Gasteiger charge is 2.04. The first-order valence-electron chi connectivity index (χ1n) is 7.00. The van der Waals surface area contributed by atoms with E-state index in [1.54, 1.807) is 0 Å². The van der Waals surface area contributed by atoms with Gasteiger partial charge in [-0.05, 0) is 25.1 Å². The molecule has 112 valence electrons. The third-order valence-electron chi connectivity index (χ3n) is 3.04. The third kappa shape index (κ3) is 6.04. The number of rotatable bonds is 9. The minimum absolute atomic E-state index is 0.136. The van der Waals surface area contributed by atoms with E-state index in [0.717, 1.165) is 50.3 Å². The van der Waals surface area contributed by atoms with Crippen LogP contribution in [0.4, 0.5) is 0 Å². The zero-order chi connectivity index (χ0) is 14.8. The van der Waals surface area contributed by atoms with Crippen LogP contribution in [0, 0.1) is 0 Å². The van der Waals surface area contributed by atoms with Crippen molar-refractivity contribution in [3.05, 3.63) is 35.4 Å². The van der Waals surface area contributed by atoms with Crippen molar-refractivity contribution in [1.29, 1.82) is 0 Å². The van der Waals surface area contributed by atoms with Crippen LogP contribution in [0.2, 0.25) is 0 Å². The van der Waals surface area contributed by atoms with Gasteiger partial charge in [-0.3, -0.25) is 4.90 Å². The largest absolute Gasteiger partial charge is 0.409 e. The molecular weight excluding hydrogens is 254 g/mol. The fourth-order valence-electron chi connectivity index (χ4n) is 1.85. The molecule has 0 aliphatic heterocycles. The highest BCUT2D eigenvalue weighted by Crippen LogP contribution is 2.07. The topological polar surface area (TPSA) is 71.1 Å². The van der Waals surface area contributed by atoms with Gasteiger partial charge in [0, 0.05) is 25.3 Å². The molecule has 0 aliphatic carbocycles. The van der Waals surface area contributed by atoms with Crippen LogP contribution >= 0.6 is 0 Å². The molecular formula is C15H25N3O2. The van der Waals surface area contributed by atoms with Gasteiger partial charge in [-0.1, -0.05) is 36.7 Å². The summed E-state index contributed by atoms with van der Waals surface area (Å²) in [6.45, 7) is 5.44. The van der Waals surface area contributed by atoms with Crippen molar-refractivity contribution in [1.82, 2.24) is 4.90 Å². The molecule has 20 heavy (non-hydrogen) atoms. The molecule has 1 aromatic rings. The maximum absolute atomic E-state index is 8.68. The summed E-state index contributed by atoms with van der Waals surface area (Å²) in [5.74, 6) is 0.136. The number of nitrogens with two attached hydrogens (primary N) is 1. The van der Waals surface area contributed by atoms with Crippen molar-refractivity contribution in [3.63, 3.8) is 0 Å². The van der Waals surface area contributed by atoms with Crippen molar-refractivity contribution >= 4 is 5.84 Å². The van der Waals surface area contributed by atoms with Crippen LogP contribution in [-0.2, 0) is 11.3 Å².